The minimum atomic E-state index is -0.616. The van der Waals surface area contributed by atoms with Gasteiger partial charge < -0.3 is 20.5 Å². The number of rotatable bonds is 6. The first-order valence-corrected chi connectivity index (χ1v) is 8.23. The van der Waals surface area contributed by atoms with Gasteiger partial charge in [-0.15, -0.1) is 0 Å². The zero-order valence-electron chi connectivity index (χ0n) is 15.5. The zero-order valence-corrected chi connectivity index (χ0v) is 15.5. The molecule has 0 saturated heterocycles. The van der Waals surface area contributed by atoms with Crippen molar-refractivity contribution < 1.29 is 14.1 Å². The fourth-order valence-corrected chi connectivity index (χ4v) is 2.35. The minimum absolute atomic E-state index is 0.181. The van der Waals surface area contributed by atoms with Gasteiger partial charge in [0, 0.05) is 6.07 Å². The molecule has 0 aliphatic heterocycles. The van der Waals surface area contributed by atoms with E-state index in [4.69, 9.17) is 4.52 Å². The summed E-state index contributed by atoms with van der Waals surface area (Å²) >= 11 is 0. The maximum Gasteiger partial charge on any atom is 0.315 e. The van der Waals surface area contributed by atoms with Crippen LogP contribution in [-0.4, -0.2) is 23.6 Å². The number of urea groups is 1. The number of anilines is 1. The van der Waals surface area contributed by atoms with Gasteiger partial charge in [0.15, 0.2) is 5.82 Å². The van der Waals surface area contributed by atoms with Gasteiger partial charge in [-0.1, -0.05) is 35.5 Å². The molecule has 26 heavy (non-hydrogen) atoms. The van der Waals surface area contributed by atoms with Gasteiger partial charge in [0.05, 0.1) is 12.1 Å². The molecule has 1 aromatic heterocycles. The third-order valence-corrected chi connectivity index (χ3v) is 3.81. The number of aryl methyl sites for hydroxylation is 1. The molecular weight excluding hydrogens is 332 g/mol. The monoisotopic (exact) mass is 356 g/mol. The van der Waals surface area contributed by atoms with Crippen LogP contribution in [0.3, 0.4) is 0 Å². The van der Waals surface area contributed by atoms with Crippen molar-refractivity contribution in [2.24, 2.45) is 0 Å². The predicted molar refractivity (Wildman–Crippen MR) is 101 cm³/mol. The second kappa shape index (κ2) is 7.86. The van der Waals surface area contributed by atoms with E-state index in [0.29, 0.717) is 11.6 Å². The van der Waals surface area contributed by atoms with Crippen molar-refractivity contribution in [2.45, 2.75) is 33.2 Å². The maximum atomic E-state index is 12.2. The van der Waals surface area contributed by atoms with Crippen LogP contribution in [0.25, 0.3) is 5.57 Å². The highest BCUT2D eigenvalue weighted by Crippen LogP contribution is 2.23. The molecule has 0 aliphatic rings. The highest BCUT2D eigenvalue weighted by atomic mass is 16.5. The molecule has 138 valence electrons. The van der Waals surface area contributed by atoms with E-state index in [9.17, 15) is 9.59 Å². The lowest BCUT2D eigenvalue weighted by atomic mass is 9.92. The highest BCUT2D eigenvalue weighted by Gasteiger charge is 2.23. The van der Waals surface area contributed by atoms with Gasteiger partial charge >= 0.3 is 6.03 Å². The number of aromatic nitrogens is 1. The van der Waals surface area contributed by atoms with Crippen molar-refractivity contribution in [1.82, 2.24) is 15.8 Å². The molecule has 0 fully saturated rings. The Hall–Kier alpha value is -3.09. The lowest BCUT2D eigenvalue weighted by molar-refractivity contribution is -0.115. The number of benzene rings is 1. The van der Waals surface area contributed by atoms with Crippen LogP contribution in [0.4, 0.5) is 10.6 Å². The van der Waals surface area contributed by atoms with Crippen LogP contribution < -0.4 is 16.0 Å². The average molecular weight is 356 g/mol. The van der Waals surface area contributed by atoms with Crippen LogP contribution in [-0.2, 0) is 10.3 Å². The first-order valence-electron chi connectivity index (χ1n) is 8.23. The summed E-state index contributed by atoms with van der Waals surface area (Å²) in [6.45, 7) is 11.2. The molecule has 7 nitrogen and oxygen atoms in total. The first kappa shape index (κ1) is 19.2. The van der Waals surface area contributed by atoms with E-state index in [1.165, 1.54) is 0 Å². The van der Waals surface area contributed by atoms with E-state index in [0.717, 1.165) is 16.7 Å². The number of nitrogens with zero attached hydrogens (tertiary/aromatic N) is 1. The number of allylic oxidation sites excluding steroid dienone is 1. The highest BCUT2D eigenvalue weighted by molar-refractivity contribution is 5.93. The summed E-state index contributed by atoms with van der Waals surface area (Å²) in [6, 6.07) is 8.97. The van der Waals surface area contributed by atoms with E-state index >= 15 is 0 Å². The van der Waals surface area contributed by atoms with Crippen molar-refractivity contribution in [3.8, 4) is 0 Å². The Bertz CT molecular complexity index is 824. The fraction of sp³-hybridized carbons (Fsp3) is 0.316. The van der Waals surface area contributed by atoms with Gasteiger partial charge in [-0.3, -0.25) is 4.79 Å². The Balaban J connectivity index is 1.90. The van der Waals surface area contributed by atoms with Crippen LogP contribution in [0.15, 0.2) is 41.4 Å². The number of hydrogen-bond acceptors (Lipinski definition) is 4. The molecule has 7 heteroatoms. The molecule has 0 bridgehead atoms. The largest absolute Gasteiger partial charge is 0.360 e. The summed E-state index contributed by atoms with van der Waals surface area (Å²) in [6.07, 6.45) is 0. The van der Waals surface area contributed by atoms with E-state index in [2.05, 4.69) is 27.7 Å². The van der Waals surface area contributed by atoms with Crippen molar-refractivity contribution in [3.63, 3.8) is 0 Å². The van der Waals surface area contributed by atoms with E-state index < -0.39 is 17.5 Å². The van der Waals surface area contributed by atoms with Crippen LogP contribution >= 0.6 is 0 Å². The van der Waals surface area contributed by atoms with Gasteiger partial charge in [-0.05, 0) is 44.9 Å². The van der Waals surface area contributed by atoms with Gasteiger partial charge in [0.1, 0.15) is 5.76 Å². The van der Waals surface area contributed by atoms with Crippen LogP contribution in [0.2, 0.25) is 0 Å². The van der Waals surface area contributed by atoms with Gasteiger partial charge in [0.2, 0.25) is 5.91 Å². The van der Waals surface area contributed by atoms with E-state index in [1.807, 2.05) is 45.0 Å². The van der Waals surface area contributed by atoms with Gasteiger partial charge in [-0.25, -0.2) is 4.79 Å². The molecule has 1 heterocycles. The smallest absolute Gasteiger partial charge is 0.315 e. The zero-order chi connectivity index (χ0) is 19.3. The van der Waals surface area contributed by atoms with Crippen molar-refractivity contribution in [3.05, 3.63) is 53.8 Å². The van der Waals surface area contributed by atoms with Crippen LogP contribution in [0.5, 0.6) is 0 Å². The minimum Gasteiger partial charge on any atom is -0.360 e. The summed E-state index contributed by atoms with van der Waals surface area (Å²) < 4.78 is 4.86. The second-order valence-corrected chi connectivity index (χ2v) is 6.66. The number of carbonyl (C=O) groups is 2. The van der Waals surface area contributed by atoms with Gasteiger partial charge in [0.25, 0.3) is 0 Å². The normalized spacial score (nSPS) is 10.9. The third kappa shape index (κ3) is 5.20. The molecule has 1 aromatic carbocycles. The topological polar surface area (TPSA) is 96.3 Å². The third-order valence-electron chi connectivity index (χ3n) is 3.81. The Morgan fingerprint density at radius 1 is 1.27 bits per heavy atom. The molecule has 0 saturated carbocycles. The molecule has 0 atom stereocenters. The molecule has 2 rings (SSSR count). The standard InChI is InChI=1S/C19H24N4O3/c1-12(2)14-7-6-8-15(10-14)19(4,5)22-18(25)20-11-17(24)21-16-9-13(3)26-23-16/h6-10H,1,11H2,2-5H3,(H2,20,22,25)(H,21,23,24). The van der Waals surface area contributed by atoms with E-state index in [1.54, 1.807) is 13.0 Å². The Morgan fingerprint density at radius 3 is 2.62 bits per heavy atom. The summed E-state index contributed by atoms with van der Waals surface area (Å²) in [5.41, 5.74) is 2.29. The lowest BCUT2D eigenvalue weighted by Crippen LogP contribution is -2.48. The fourth-order valence-electron chi connectivity index (χ4n) is 2.35. The van der Waals surface area contributed by atoms with Crippen molar-refractivity contribution in [1.29, 1.82) is 0 Å². The molecule has 3 amide bonds. The van der Waals surface area contributed by atoms with E-state index in [-0.39, 0.29) is 6.54 Å². The molecule has 0 aliphatic carbocycles. The summed E-state index contributed by atoms with van der Waals surface area (Å²) in [4.78, 5) is 24.0. The molecule has 2 aromatic rings. The molecule has 0 unspecified atom stereocenters. The quantitative estimate of drug-likeness (QED) is 0.740. The average Bonchev–Trinajstić information content (AvgIpc) is 2.97. The van der Waals surface area contributed by atoms with Crippen LogP contribution in [0, 0.1) is 6.92 Å². The van der Waals surface area contributed by atoms with Crippen LogP contribution in [0.1, 0.15) is 37.7 Å². The first-order chi connectivity index (χ1) is 12.2. The Kier molecular flexibility index (Phi) is 5.82. The number of amides is 3. The number of nitrogens with one attached hydrogen (secondary N) is 3. The SMILES string of the molecule is C=C(C)c1cccc(C(C)(C)NC(=O)NCC(=O)Nc2cc(C)on2)c1. The Labute approximate surface area is 152 Å². The number of hydrogen-bond donors (Lipinski definition) is 3. The number of carbonyl (C=O) groups excluding carboxylic acids is 2. The summed E-state index contributed by atoms with van der Waals surface area (Å²) in [5, 5.41) is 11.6. The summed E-state index contributed by atoms with van der Waals surface area (Å²) in [5.74, 6) is 0.506. The molecule has 0 radical (unpaired) electrons. The molecule has 3 N–H and O–H groups in total. The maximum absolute atomic E-state index is 12.2. The molecule has 0 spiro atoms. The van der Waals surface area contributed by atoms with Gasteiger partial charge in [-0.2, -0.15) is 0 Å². The Morgan fingerprint density at radius 2 is 2.00 bits per heavy atom. The second-order valence-electron chi connectivity index (χ2n) is 6.66. The summed E-state index contributed by atoms with van der Waals surface area (Å²) in [7, 11) is 0. The predicted octanol–water partition coefficient (Wildman–Crippen LogP) is 3.19. The van der Waals surface area contributed by atoms with Crippen molar-refractivity contribution >= 4 is 23.3 Å². The van der Waals surface area contributed by atoms with Crippen molar-refractivity contribution in [2.75, 3.05) is 11.9 Å². The molecular formula is C19H24N4O3. The lowest BCUT2D eigenvalue weighted by Gasteiger charge is -2.27.